The van der Waals surface area contributed by atoms with E-state index in [1.807, 2.05) is 0 Å². The van der Waals surface area contributed by atoms with Crippen LogP contribution in [0.2, 0.25) is 0 Å². The molecule has 0 aliphatic carbocycles. The molecule has 0 aromatic heterocycles. The first-order valence-corrected chi connectivity index (χ1v) is 8.55. The summed E-state index contributed by atoms with van der Waals surface area (Å²) in [4.78, 5) is 11.5. The van der Waals surface area contributed by atoms with Gasteiger partial charge >= 0.3 is 5.97 Å². The molecular formula is C17H30O6. The number of carbonyl (C=O) groups is 1. The number of rotatable bonds is 11. The van der Waals surface area contributed by atoms with Gasteiger partial charge in [-0.25, -0.2) is 4.79 Å². The van der Waals surface area contributed by atoms with Crippen LogP contribution in [0.1, 0.15) is 51.9 Å². The quantitative estimate of drug-likeness (QED) is 0.300. The molecule has 3 N–H and O–H groups in total. The molecule has 1 rings (SSSR count). The van der Waals surface area contributed by atoms with Gasteiger partial charge in [-0.2, -0.15) is 0 Å². The highest BCUT2D eigenvalue weighted by atomic mass is 16.6. The van der Waals surface area contributed by atoms with Gasteiger partial charge in [0, 0.05) is 6.08 Å². The van der Waals surface area contributed by atoms with Crippen LogP contribution in [0.4, 0.5) is 0 Å². The smallest absolute Gasteiger partial charge is 0.330 e. The highest BCUT2D eigenvalue weighted by molar-refractivity contribution is 5.81. The Bertz CT molecular complexity index is 357. The van der Waals surface area contributed by atoms with E-state index in [0.29, 0.717) is 0 Å². The van der Waals surface area contributed by atoms with Crippen molar-refractivity contribution >= 4 is 5.97 Å². The maximum Gasteiger partial charge on any atom is 0.330 e. The van der Waals surface area contributed by atoms with Crippen LogP contribution in [0.5, 0.6) is 0 Å². The monoisotopic (exact) mass is 330 g/mol. The Morgan fingerprint density at radius 3 is 2.61 bits per heavy atom. The second kappa shape index (κ2) is 11.6. The minimum atomic E-state index is -1.16. The SMILES string of the molecule is CCCCCCCCC=CC(=O)OC[C@@H](O)[C@H]1OC[C@H](O)[C@H]1O. The van der Waals surface area contributed by atoms with Gasteiger partial charge in [-0.15, -0.1) is 0 Å². The standard InChI is InChI=1S/C17H30O6/c1-2-3-4-5-6-7-8-9-10-15(20)22-12-14(19)17-16(21)13(18)11-23-17/h9-10,13-14,16-19,21H,2-8,11-12H2,1H3/t13-,14+,16+,17+/m0/s1. The maximum atomic E-state index is 11.5. The lowest BCUT2D eigenvalue weighted by atomic mass is 10.1. The van der Waals surface area contributed by atoms with Crippen molar-refractivity contribution in [1.29, 1.82) is 0 Å². The summed E-state index contributed by atoms with van der Waals surface area (Å²) < 4.78 is 9.98. The molecule has 4 atom stereocenters. The Morgan fingerprint density at radius 1 is 1.26 bits per heavy atom. The van der Waals surface area contributed by atoms with Crippen LogP contribution in [0.3, 0.4) is 0 Å². The molecule has 1 saturated heterocycles. The highest BCUT2D eigenvalue weighted by Crippen LogP contribution is 2.17. The summed E-state index contributed by atoms with van der Waals surface area (Å²) in [6, 6.07) is 0. The summed E-state index contributed by atoms with van der Waals surface area (Å²) >= 11 is 0. The fourth-order valence-corrected chi connectivity index (χ4v) is 2.50. The van der Waals surface area contributed by atoms with E-state index in [1.165, 1.54) is 31.8 Å². The van der Waals surface area contributed by atoms with Gasteiger partial charge in [-0.1, -0.05) is 45.1 Å². The molecule has 0 saturated carbocycles. The molecule has 0 unspecified atom stereocenters. The van der Waals surface area contributed by atoms with Crippen LogP contribution >= 0.6 is 0 Å². The van der Waals surface area contributed by atoms with Gasteiger partial charge in [0.05, 0.1) is 6.61 Å². The van der Waals surface area contributed by atoms with Crippen molar-refractivity contribution in [2.24, 2.45) is 0 Å². The first-order valence-electron chi connectivity index (χ1n) is 8.55. The Balaban J connectivity index is 2.08. The first kappa shape index (κ1) is 20.1. The van der Waals surface area contributed by atoms with E-state index in [2.05, 4.69) is 6.92 Å². The van der Waals surface area contributed by atoms with E-state index < -0.39 is 30.4 Å². The number of hydrogen-bond donors (Lipinski definition) is 3. The van der Waals surface area contributed by atoms with Gasteiger partial charge in [0.15, 0.2) is 0 Å². The summed E-state index contributed by atoms with van der Waals surface area (Å²) in [6.45, 7) is 1.89. The summed E-state index contributed by atoms with van der Waals surface area (Å²) in [5, 5.41) is 28.7. The summed E-state index contributed by atoms with van der Waals surface area (Å²) in [5.74, 6) is -0.525. The zero-order chi connectivity index (χ0) is 17.1. The molecule has 0 bridgehead atoms. The van der Waals surface area contributed by atoms with Gasteiger partial charge in [0.1, 0.15) is 31.0 Å². The van der Waals surface area contributed by atoms with Gasteiger partial charge in [-0.3, -0.25) is 0 Å². The number of unbranched alkanes of at least 4 members (excludes halogenated alkanes) is 6. The summed E-state index contributed by atoms with van der Waals surface area (Å²) in [6.07, 6.45) is 6.95. The number of aliphatic hydroxyl groups excluding tert-OH is 3. The molecule has 0 aromatic rings. The molecule has 0 aromatic carbocycles. The number of allylic oxidation sites excluding steroid dienone is 1. The Hall–Kier alpha value is -0.950. The zero-order valence-corrected chi connectivity index (χ0v) is 13.9. The van der Waals surface area contributed by atoms with E-state index in [-0.39, 0.29) is 13.2 Å². The van der Waals surface area contributed by atoms with Crippen molar-refractivity contribution in [3.05, 3.63) is 12.2 Å². The van der Waals surface area contributed by atoms with Crippen LogP contribution in [-0.4, -0.2) is 58.9 Å². The largest absolute Gasteiger partial charge is 0.460 e. The average molecular weight is 330 g/mol. The van der Waals surface area contributed by atoms with Gasteiger partial charge in [0.2, 0.25) is 0 Å². The molecule has 0 radical (unpaired) electrons. The van der Waals surface area contributed by atoms with E-state index in [0.717, 1.165) is 19.3 Å². The molecule has 134 valence electrons. The fraction of sp³-hybridized carbons (Fsp3) is 0.824. The molecule has 1 aliphatic heterocycles. The topological polar surface area (TPSA) is 96.2 Å². The molecule has 1 heterocycles. The van der Waals surface area contributed by atoms with Gasteiger partial charge in [0.25, 0.3) is 0 Å². The van der Waals surface area contributed by atoms with E-state index in [4.69, 9.17) is 9.47 Å². The molecule has 1 fully saturated rings. The van der Waals surface area contributed by atoms with E-state index >= 15 is 0 Å². The third-order valence-electron chi connectivity index (χ3n) is 3.94. The van der Waals surface area contributed by atoms with Crippen molar-refractivity contribution in [2.75, 3.05) is 13.2 Å². The molecule has 6 nitrogen and oxygen atoms in total. The molecule has 0 amide bonds. The highest BCUT2D eigenvalue weighted by Gasteiger charge is 2.39. The molecule has 6 heteroatoms. The Labute approximate surface area is 138 Å². The number of ether oxygens (including phenoxy) is 2. The predicted molar refractivity (Wildman–Crippen MR) is 85.9 cm³/mol. The molecule has 0 spiro atoms. The average Bonchev–Trinajstić information content (AvgIpc) is 2.87. The summed E-state index contributed by atoms with van der Waals surface area (Å²) in [5.41, 5.74) is 0. The first-order chi connectivity index (χ1) is 11.1. The Morgan fingerprint density at radius 2 is 1.96 bits per heavy atom. The minimum Gasteiger partial charge on any atom is -0.460 e. The lowest BCUT2D eigenvalue weighted by Crippen LogP contribution is -2.41. The lowest BCUT2D eigenvalue weighted by Gasteiger charge is -2.20. The van der Waals surface area contributed by atoms with Gasteiger partial charge < -0.3 is 24.8 Å². The third-order valence-corrected chi connectivity index (χ3v) is 3.94. The van der Waals surface area contributed by atoms with Gasteiger partial charge in [-0.05, 0) is 12.8 Å². The second-order valence-electron chi connectivity index (χ2n) is 6.01. The second-order valence-corrected chi connectivity index (χ2v) is 6.01. The summed E-state index contributed by atoms with van der Waals surface area (Å²) in [7, 11) is 0. The number of carbonyl (C=O) groups excluding carboxylic acids is 1. The molecule has 23 heavy (non-hydrogen) atoms. The van der Waals surface area contributed by atoms with Crippen molar-refractivity contribution < 1.29 is 29.6 Å². The zero-order valence-electron chi connectivity index (χ0n) is 13.9. The number of hydrogen-bond acceptors (Lipinski definition) is 6. The van der Waals surface area contributed by atoms with Crippen LogP contribution in [0.25, 0.3) is 0 Å². The van der Waals surface area contributed by atoms with E-state index in [9.17, 15) is 20.1 Å². The van der Waals surface area contributed by atoms with Crippen LogP contribution < -0.4 is 0 Å². The van der Waals surface area contributed by atoms with Crippen LogP contribution in [-0.2, 0) is 14.3 Å². The lowest BCUT2D eigenvalue weighted by molar-refractivity contribution is -0.145. The molecule has 1 aliphatic rings. The van der Waals surface area contributed by atoms with Crippen molar-refractivity contribution in [3.63, 3.8) is 0 Å². The minimum absolute atomic E-state index is 0.0327. The fourth-order valence-electron chi connectivity index (χ4n) is 2.50. The predicted octanol–water partition coefficient (Wildman–Crippen LogP) is 1.32. The number of esters is 1. The number of aliphatic hydroxyl groups is 3. The van der Waals surface area contributed by atoms with Crippen molar-refractivity contribution in [1.82, 2.24) is 0 Å². The molecular weight excluding hydrogens is 300 g/mol. The van der Waals surface area contributed by atoms with Crippen molar-refractivity contribution in [3.8, 4) is 0 Å². The maximum absolute atomic E-state index is 11.5. The van der Waals surface area contributed by atoms with Crippen LogP contribution in [0.15, 0.2) is 12.2 Å². The van der Waals surface area contributed by atoms with E-state index in [1.54, 1.807) is 6.08 Å². The van der Waals surface area contributed by atoms with Crippen molar-refractivity contribution in [2.45, 2.75) is 76.3 Å². The third kappa shape index (κ3) is 7.92. The Kier molecular flexibility index (Phi) is 10.1. The normalized spacial score (nSPS) is 25.8. The van der Waals surface area contributed by atoms with Crippen LogP contribution in [0, 0.1) is 0 Å².